The van der Waals surface area contributed by atoms with Crippen molar-refractivity contribution in [3.8, 4) is 0 Å². The van der Waals surface area contributed by atoms with Crippen molar-refractivity contribution in [3.63, 3.8) is 0 Å². The van der Waals surface area contributed by atoms with Gasteiger partial charge in [-0.2, -0.15) is 0 Å². The molecule has 0 aliphatic rings. The van der Waals surface area contributed by atoms with Crippen LogP contribution in [-0.4, -0.2) is 31.7 Å². The highest BCUT2D eigenvalue weighted by atomic mass is 16.5. The van der Waals surface area contributed by atoms with Gasteiger partial charge in [0.2, 0.25) is 5.91 Å². The minimum Gasteiger partial charge on any atom is -0.383 e. The lowest BCUT2D eigenvalue weighted by Crippen LogP contribution is -2.44. The molecule has 0 saturated carbocycles. The second kappa shape index (κ2) is 7.57. The fraction of sp³-hybridized carbons (Fsp3) is 0.588. The highest BCUT2D eigenvalue weighted by Gasteiger charge is 2.16. The molecule has 118 valence electrons. The third-order valence-corrected chi connectivity index (χ3v) is 3.36. The lowest BCUT2D eigenvalue weighted by molar-refractivity contribution is -0.118. The van der Waals surface area contributed by atoms with Crippen LogP contribution in [0.15, 0.2) is 24.3 Å². The van der Waals surface area contributed by atoms with Gasteiger partial charge in [-0.15, -0.1) is 0 Å². The number of amides is 1. The van der Waals surface area contributed by atoms with E-state index in [1.807, 2.05) is 26.0 Å². The summed E-state index contributed by atoms with van der Waals surface area (Å²) in [7, 11) is 1.65. The van der Waals surface area contributed by atoms with E-state index in [1.54, 1.807) is 7.11 Å². The highest BCUT2D eigenvalue weighted by molar-refractivity contribution is 5.94. The third-order valence-electron chi connectivity index (χ3n) is 3.36. The Bertz CT molecular complexity index is 449. The summed E-state index contributed by atoms with van der Waals surface area (Å²) in [6.07, 6.45) is 0. The van der Waals surface area contributed by atoms with Gasteiger partial charge in [-0.05, 0) is 37.0 Å². The number of carbonyl (C=O) groups is 1. The lowest BCUT2D eigenvalue weighted by Gasteiger charge is -2.20. The van der Waals surface area contributed by atoms with Gasteiger partial charge in [-0.1, -0.05) is 32.9 Å². The molecule has 1 aromatic rings. The van der Waals surface area contributed by atoms with E-state index >= 15 is 0 Å². The quantitative estimate of drug-likeness (QED) is 0.847. The summed E-state index contributed by atoms with van der Waals surface area (Å²) in [6, 6.07) is 7.88. The number of methoxy groups -OCH3 is 1. The average molecular weight is 292 g/mol. The van der Waals surface area contributed by atoms with Gasteiger partial charge in [-0.25, -0.2) is 0 Å². The number of ether oxygens (including phenoxy) is 1. The van der Waals surface area contributed by atoms with Crippen LogP contribution in [0.25, 0.3) is 0 Å². The van der Waals surface area contributed by atoms with Crippen molar-refractivity contribution in [1.82, 2.24) is 5.32 Å². The number of anilines is 1. The number of rotatable bonds is 6. The van der Waals surface area contributed by atoms with E-state index in [0.717, 1.165) is 5.69 Å². The van der Waals surface area contributed by atoms with Gasteiger partial charge in [0.05, 0.1) is 12.6 Å². The van der Waals surface area contributed by atoms with Crippen LogP contribution in [0.4, 0.5) is 5.69 Å². The molecule has 0 bridgehead atoms. The van der Waals surface area contributed by atoms with E-state index in [1.165, 1.54) is 5.56 Å². The maximum Gasteiger partial charge on any atom is 0.241 e. The Balaban J connectivity index is 2.58. The summed E-state index contributed by atoms with van der Waals surface area (Å²) in [5.74, 6) is -0.0403. The molecule has 0 unspecified atom stereocenters. The number of hydrogen-bond acceptors (Lipinski definition) is 3. The molecule has 2 atom stereocenters. The Morgan fingerprint density at radius 3 is 2.24 bits per heavy atom. The van der Waals surface area contributed by atoms with Crippen molar-refractivity contribution >= 4 is 11.6 Å². The van der Waals surface area contributed by atoms with Crippen LogP contribution < -0.4 is 10.6 Å². The number of benzene rings is 1. The summed E-state index contributed by atoms with van der Waals surface area (Å²) in [4.78, 5) is 12.1. The van der Waals surface area contributed by atoms with Gasteiger partial charge in [0, 0.05) is 18.8 Å². The van der Waals surface area contributed by atoms with Crippen molar-refractivity contribution in [3.05, 3.63) is 29.8 Å². The van der Waals surface area contributed by atoms with E-state index in [-0.39, 0.29) is 23.4 Å². The molecule has 0 heterocycles. The molecule has 1 amide bonds. The molecule has 1 aromatic carbocycles. The predicted molar refractivity (Wildman–Crippen MR) is 87.7 cm³/mol. The first-order chi connectivity index (χ1) is 9.74. The first kappa shape index (κ1) is 17.7. The maximum atomic E-state index is 12.1. The Morgan fingerprint density at radius 2 is 1.76 bits per heavy atom. The second-order valence-electron chi connectivity index (χ2n) is 6.56. The Morgan fingerprint density at radius 1 is 1.19 bits per heavy atom. The topological polar surface area (TPSA) is 50.4 Å². The van der Waals surface area contributed by atoms with Crippen LogP contribution in [0.5, 0.6) is 0 Å². The van der Waals surface area contributed by atoms with Gasteiger partial charge >= 0.3 is 0 Å². The molecule has 0 aliphatic heterocycles. The van der Waals surface area contributed by atoms with Gasteiger partial charge in [0.15, 0.2) is 0 Å². The van der Waals surface area contributed by atoms with Crippen molar-refractivity contribution in [2.24, 2.45) is 0 Å². The van der Waals surface area contributed by atoms with Crippen LogP contribution in [0, 0.1) is 0 Å². The molecule has 0 aromatic heterocycles. The molecular formula is C17H28N2O2. The number of nitrogens with one attached hydrogen (secondary N) is 2. The average Bonchev–Trinajstić information content (AvgIpc) is 2.38. The Kier molecular flexibility index (Phi) is 6.37. The molecule has 2 N–H and O–H groups in total. The van der Waals surface area contributed by atoms with Gasteiger partial charge in [0.1, 0.15) is 0 Å². The molecule has 0 radical (unpaired) electrons. The second-order valence-corrected chi connectivity index (χ2v) is 6.56. The lowest BCUT2D eigenvalue weighted by atomic mass is 9.87. The number of carbonyl (C=O) groups excluding carboxylic acids is 1. The van der Waals surface area contributed by atoms with Crippen molar-refractivity contribution in [2.75, 3.05) is 19.0 Å². The Labute approximate surface area is 128 Å². The van der Waals surface area contributed by atoms with Crippen molar-refractivity contribution in [1.29, 1.82) is 0 Å². The van der Waals surface area contributed by atoms with Crippen LogP contribution in [0.1, 0.15) is 40.2 Å². The van der Waals surface area contributed by atoms with E-state index in [4.69, 9.17) is 4.74 Å². The van der Waals surface area contributed by atoms with Gasteiger partial charge < -0.3 is 15.4 Å². The molecule has 0 spiro atoms. The standard InChI is InChI=1S/C17H28N2O2/c1-12(11-21-6)18-13(2)16(20)19-15-9-7-14(8-10-15)17(3,4)5/h7-10,12-13,18H,11H2,1-6H3,(H,19,20)/t12-,13+/m1/s1. The molecule has 0 aliphatic carbocycles. The zero-order valence-corrected chi connectivity index (χ0v) is 14.0. The minimum atomic E-state index is -0.266. The highest BCUT2D eigenvalue weighted by Crippen LogP contribution is 2.23. The van der Waals surface area contributed by atoms with E-state index in [2.05, 4.69) is 43.5 Å². The summed E-state index contributed by atoms with van der Waals surface area (Å²) < 4.78 is 5.05. The maximum absolute atomic E-state index is 12.1. The first-order valence-electron chi connectivity index (χ1n) is 7.40. The van der Waals surface area contributed by atoms with E-state index in [9.17, 15) is 4.79 Å². The molecule has 21 heavy (non-hydrogen) atoms. The first-order valence-corrected chi connectivity index (χ1v) is 7.40. The van der Waals surface area contributed by atoms with Crippen LogP contribution in [0.2, 0.25) is 0 Å². The summed E-state index contributed by atoms with van der Waals surface area (Å²) >= 11 is 0. The fourth-order valence-corrected chi connectivity index (χ4v) is 2.10. The number of hydrogen-bond donors (Lipinski definition) is 2. The molecular weight excluding hydrogens is 264 g/mol. The fourth-order valence-electron chi connectivity index (χ4n) is 2.10. The SMILES string of the molecule is COC[C@@H](C)N[C@@H](C)C(=O)Nc1ccc(C(C)(C)C)cc1. The third kappa shape index (κ3) is 5.86. The largest absolute Gasteiger partial charge is 0.383 e. The van der Waals surface area contributed by atoms with Gasteiger partial charge in [-0.3, -0.25) is 4.79 Å². The zero-order valence-electron chi connectivity index (χ0n) is 14.0. The molecule has 0 fully saturated rings. The predicted octanol–water partition coefficient (Wildman–Crippen LogP) is 2.94. The van der Waals surface area contributed by atoms with Crippen LogP contribution in [0.3, 0.4) is 0 Å². The summed E-state index contributed by atoms with van der Waals surface area (Å²) in [5, 5.41) is 6.12. The zero-order chi connectivity index (χ0) is 16.0. The summed E-state index contributed by atoms with van der Waals surface area (Å²) in [5.41, 5.74) is 2.19. The smallest absolute Gasteiger partial charge is 0.241 e. The van der Waals surface area contributed by atoms with Crippen LogP contribution in [-0.2, 0) is 14.9 Å². The monoisotopic (exact) mass is 292 g/mol. The van der Waals surface area contributed by atoms with Gasteiger partial charge in [0.25, 0.3) is 0 Å². The molecule has 0 saturated heterocycles. The normalized spacial score (nSPS) is 14.6. The minimum absolute atomic E-state index is 0.0403. The Hall–Kier alpha value is -1.39. The van der Waals surface area contributed by atoms with E-state index < -0.39 is 0 Å². The van der Waals surface area contributed by atoms with Crippen LogP contribution >= 0.6 is 0 Å². The van der Waals surface area contributed by atoms with Crippen molar-refractivity contribution < 1.29 is 9.53 Å². The molecule has 4 nitrogen and oxygen atoms in total. The van der Waals surface area contributed by atoms with E-state index in [0.29, 0.717) is 6.61 Å². The summed E-state index contributed by atoms with van der Waals surface area (Å²) in [6.45, 7) is 10.9. The van der Waals surface area contributed by atoms with Crippen molar-refractivity contribution in [2.45, 2.75) is 52.1 Å². The molecule has 4 heteroatoms. The molecule has 1 rings (SSSR count).